The van der Waals surface area contributed by atoms with E-state index in [1.165, 1.54) is 19.2 Å². The average Bonchev–Trinajstić information content (AvgIpc) is 2.62. The van der Waals surface area contributed by atoms with Crippen LogP contribution in [0.2, 0.25) is 0 Å². The molecular weight excluding hydrogens is 418 g/mol. The van der Waals surface area contributed by atoms with Gasteiger partial charge in [-0.2, -0.15) is 4.31 Å². The number of amides is 1. The number of rotatable bonds is 8. The standard InChI is InChI=1S/C20H22F2N2O5S/c1-12-4-6-15(8-13(12)2)30(28,29)24(3)11-19(25)23-18(10-20(26)27)16-7-5-14(21)9-17(16)22/h4-9,18H,10-11H2,1-3H3,(H,23,25)(H,26,27). The largest absolute Gasteiger partial charge is 0.481 e. The van der Waals surface area contributed by atoms with Crippen LogP contribution in [0, 0.1) is 25.5 Å². The number of carboxylic acids is 1. The number of carboxylic acid groups (broad SMARTS) is 1. The Morgan fingerprint density at radius 1 is 1.10 bits per heavy atom. The predicted octanol–water partition coefficient (Wildman–Crippen LogP) is 2.53. The molecular formula is C20H22F2N2O5S. The topological polar surface area (TPSA) is 104 Å². The van der Waals surface area contributed by atoms with E-state index in [2.05, 4.69) is 5.32 Å². The number of nitrogens with one attached hydrogen (secondary N) is 1. The third-order valence-electron chi connectivity index (χ3n) is 4.60. The zero-order valence-electron chi connectivity index (χ0n) is 16.6. The Hall–Kier alpha value is -2.85. The number of aryl methyl sites for hydroxylation is 2. The second kappa shape index (κ2) is 9.31. The first kappa shape index (κ1) is 23.4. The summed E-state index contributed by atoms with van der Waals surface area (Å²) in [7, 11) is -2.77. The van der Waals surface area contributed by atoms with Crippen LogP contribution in [0.5, 0.6) is 0 Å². The number of hydrogen-bond acceptors (Lipinski definition) is 4. The van der Waals surface area contributed by atoms with Crippen LogP contribution in [0.25, 0.3) is 0 Å². The molecule has 7 nitrogen and oxygen atoms in total. The zero-order valence-corrected chi connectivity index (χ0v) is 17.5. The van der Waals surface area contributed by atoms with E-state index in [1.54, 1.807) is 13.0 Å². The minimum atomic E-state index is -3.98. The van der Waals surface area contributed by atoms with Gasteiger partial charge >= 0.3 is 5.97 Å². The van der Waals surface area contributed by atoms with Gasteiger partial charge in [-0.1, -0.05) is 12.1 Å². The lowest BCUT2D eigenvalue weighted by Crippen LogP contribution is -2.40. The Kier molecular flexibility index (Phi) is 7.27. The van der Waals surface area contributed by atoms with Crippen LogP contribution in [0.3, 0.4) is 0 Å². The first-order valence-electron chi connectivity index (χ1n) is 8.91. The molecule has 0 fully saturated rings. The lowest BCUT2D eigenvalue weighted by Gasteiger charge is -2.21. The SMILES string of the molecule is Cc1ccc(S(=O)(=O)N(C)CC(=O)NC(CC(=O)O)c2ccc(F)cc2F)cc1C. The zero-order chi connectivity index (χ0) is 22.6. The van der Waals surface area contributed by atoms with Crippen molar-refractivity contribution in [1.82, 2.24) is 9.62 Å². The van der Waals surface area contributed by atoms with Gasteiger partial charge in [0.05, 0.1) is 23.9 Å². The third-order valence-corrected chi connectivity index (χ3v) is 6.40. The van der Waals surface area contributed by atoms with Gasteiger partial charge in [-0.3, -0.25) is 9.59 Å². The van der Waals surface area contributed by atoms with Gasteiger partial charge in [0.25, 0.3) is 0 Å². The molecule has 0 aliphatic carbocycles. The summed E-state index contributed by atoms with van der Waals surface area (Å²) in [4.78, 5) is 23.5. The summed E-state index contributed by atoms with van der Waals surface area (Å²) in [6.07, 6.45) is -0.665. The highest BCUT2D eigenvalue weighted by molar-refractivity contribution is 7.89. The Labute approximate surface area is 173 Å². The van der Waals surface area contributed by atoms with Gasteiger partial charge in [-0.15, -0.1) is 0 Å². The lowest BCUT2D eigenvalue weighted by molar-refractivity contribution is -0.137. The molecule has 0 bridgehead atoms. The van der Waals surface area contributed by atoms with Crippen molar-refractivity contribution in [2.24, 2.45) is 0 Å². The molecule has 2 N–H and O–H groups in total. The molecule has 30 heavy (non-hydrogen) atoms. The molecule has 0 saturated carbocycles. The molecule has 0 heterocycles. The van der Waals surface area contributed by atoms with E-state index in [1.807, 2.05) is 6.92 Å². The summed E-state index contributed by atoms with van der Waals surface area (Å²) in [6, 6.07) is 5.81. The number of carbonyl (C=O) groups excluding carboxylic acids is 1. The lowest BCUT2D eigenvalue weighted by atomic mass is 10.0. The highest BCUT2D eigenvalue weighted by Crippen LogP contribution is 2.22. The second-order valence-corrected chi connectivity index (χ2v) is 8.94. The van der Waals surface area contributed by atoms with Gasteiger partial charge in [0.1, 0.15) is 11.6 Å². The van der Waals surface area contributed by atoms with E-state index in [0.717, 1.165) is 27.6 Å². The molecule has 10 heteroatoms. The van der Waals surface area contributed by atoms with Gasteiger partial charge < -0.3 is 10.4 Å². The molecule has 1 amide bonds. The number of aliphatic carboxylic acids is 1. The molecule has 1 unspecified atom stereocenters. The van der Waals surface area contributed by atoms with E-state index in [9.17, 15) is 26.8 Å². The molecule has 2 aromatic rings. The van der Waals surface area contributed by atoms with Gasteiger partial charge in [0.2, 0.25) is 15.9 Å². The first-order valence-corrected chi connectivity index (χ1v) is 10.4. The quantitative estimate of drug-likeness (QED) is 0.657. The van der Waals surface area contributed by atoms with E-state index in [-0.39, 0.29) is 10.5 Å². The molecule has 2 rings (SSSR count). The molecule has 0 spiro atoms. The highest BCUT2D eigenvalue weighted by atomic mass is 32.2. The van der Waals surface area contributed by atoms with Gasteiger partial charge in [0.15, 0.2) is 0 Å². The van der Waals surface area contributed by atoms with Crippen LogP contribution in [-0.4, -0.2) is 43.3 Å². The molecule has 0 radical (unpaired) electrons. The van der Waals surface area contributed by atoms with Crippen LogP contribution < -0.4 is 5.32 Å². The maximum atomic E-state index is 14.1. The van der Waals surface area contributed by atoms with Crippen LogP contribution in [-0.2, 0) is 19.6 Å². The number of hydrogen-bond donors (Lipinski definition) is 2. The van der Waals surface area contributed by atoms with Crippen molar-refractivity contribution in [2.45, 2.75) is 31.2 Å². The highest BCUT2D eigenvalue weighted by Gasteiger charge is 2.26. The maximum Gasteiger partial charge on any atom is 0.305 e. The molecule has 1 atom stereocenters. The maximum absolute atomic E-state index is 14.1. The molecule has 0 saturated heterocycles. The van der Waals surface area contributed by atoms with Crippen LogP contribution in [0.15, 0.2) is 41.3 Å². The summed E-state index contributed by atoms with van der Waals surface area (Å²) < 4.78 is 53.4. The van der Waals surface area contributed by atoms with E-state index in [0.29, 0.717) is 6.07 Å². The summed E-state index contributed by atoms with van der Waals surface area (Å²) in [5.41, 5.74) is 1.46. The smallest absolute Gasteiger partial charge is 0.305 e. The van der Waals surface area contributed by atoms with Crippen molar-refractivity contribution >= 4 is 21.9 Å². The summed E-state index contributed by atoms with van der Waals surface area (Å²) >= 11 is 0. The van der Waals surface area contributed by atoms with E-state index >= 15 is 0 Å². The van der Waals surface area contributed by atoms with Crippen LogP contribution in [0.1, 0.15) is 29.2 Å². The van der Waals surface area contributed by atoms with Crippen molar-refractivity contribution in [3.63, 3.8) is 0 Å². The molecule has 2 aromatic carbocycles. The van der Waals surface area contributed by atoms with Gasteiger partial charge in [0, 0.05) is 18.7 Å². The fraction of sp³-hybridized carbons (Fsp3) is 0.300. The molecule has 0 aliphatic heterocycles. The van der Waals surface area contributed by atoms with Crippen LogP contribution >= 0.6 is 0 Å². The molecule has 162 valence electrons. The molecule has 0 aromatic heterocycles. The minimum absolute atomic E-state index is 0.00700. The summed E-state index contributed by atoms with van der Waals surface area (Å²) in [5.74, 6) is -4.02. The number of nitrogens with zero attached hydrogens (tertiary/aromatic N) is 1. The van der Waals surface area contributed by atoms with Crippen molar-refractivity contribution in [3.8, 4) is 0 Å². The Bertz CT molecular complexity index is 1070. The fourth-order valence-electron chi connectivity index (χ4n) is 2.78. The number of carbonyl (C=O) groups is 2. The van der Waals surface area contributed by atoms with Crippen LogP contribution in [0.4, 0.5) is 8.78 Å². The van der Waals surface area contributed by atoms with Gasteiger partial charge in [-0.25, -0.2) is 17.2 Å². The van der Waals surface area contributed by atoms with E-state index < -0.39 is 52.5 Å². The van der Waals surface area contributed by atoms with Crippen molar-refractivity contribution in [1.29, 1.82) is 0 Å². The van der Waals surface area contributed by atoms with Crippen molar-refractivity contribution in [3.05, 3.63) is 64.7 Å². The Morgan fingerprint density at radius 3 is 2.33 bits per heavy atom. The Morgan fingerprint density at radius 2 is 1.77 bits per heavy atom. The average molecular weight is 440 g/mol. The number of sulfonamides is 1. The summed E-state index contributed by atoms with van der Waals surface area (Å²) in [6.45, 7) is 2.98. The number of halogens is 2. The normalized spacial score (nSPS) is 12.6. The predicted molar refractivity (Wildman–Crippen MR) is 105 cm³/mol. The van der Waals surface area contributed by atoms with E-state index in [4.69, 9.17) is 5.11 Å². The first-order chi connectivity index (χ1) is 13.9. The minimum Gasteiger partial charge on any atom is -0.481 e. The van der Waals surface area contributed by atoms with Crippen molar-refractivity contribution < 1.29 is 31.9 Å². The Balaban J connectivity index is 2.19. The third kappa shape index (κ3) is 5.61. The summed E-state index contributed by atoms with van der Waals surface area (Å²) in [5, 5.41) is 11.4. The second-order valence-electron chi connectivity index (χ2n) is 6.89. The van der Waals surface area contributed by atoms with Crippen molar-refractivity contribution in [2.75, 3.05) is 13.6 Å². The monoisotopic (exact) mass is 440 g/mol. The fourth-order valence-corrected chi connectivity index (χ4v) is 3.99. The van der Waals surface area contributed by atoms with Gasteiger partial charge in [-0.05, 0) is 43.2 Å². The molecule has 0 aliphatic rings. The number of likely N-dealkylation sites (N-methyl/N-ethyl adjacent to an activating group) is 1. The number of benzene rings is 2.